The van der Waals surface area contributed by atoms with Gasteiger partial charge in [-0.3, -0.25) is 4.79 Å². The molecule has 2 fully saturated rings. The summed E-state index contributed by atoms with van der Waals surface area (Å²) in [6.07, 6.45) is 5.56. The van der Waals surface area contributed by atoms with Crippen LogP contribution in [0.15, 0.2) is 24.3 Å². The second kappa shape index (κ2) is 6.82. The Balaban J connectivity index is 1.67. The van der Waals surface area contributed by atoms with Crippen molar-refractivity contribution >= 4 is 17.7 Å². The van der Waals surface area contributed by atoms with Crippen molar-refractivity contribution in [1.29, 1.82) is 0 Å². The molecular weight excluding hydrogens is 330 g/mol. The van der Waals surface area contributed by atoms with Crippen LogP contribution in [-0.4, -0.2) is 54.6 Å². The smallest absolute Gasteiger partial charge is 0.325 e. The Morgan fingerprint density at radius 2 is 1.96 bits per heavy atom. The SMILES string of the molecule is COC(=O)CN(C)C(=O)N(C1CC1)C1c2ccccc2NC2CCCC21. The fraction of sp³-hybridized carbons (Fsp3) is 0.600. The summed E-state index contributed by atoms with van der Waals surface area (Å²) >= 11 is 0. The van der Waals surface area contributed by atoms with Crippen LogP contribution in [0, 0.1) is 5.92 Å². The van der Waals surface area contributed by atoms with Crippen LogP contribution in [0.1, 0.15) is 43.7 Å². The number of esters is 1. The third-order valence-electron chi connectivity index (χ3n) is 5.98. The molecule has 6 heteroatoms. The molecule has 0 aromatic heterocycles. The second-order valence-corrected chi connectivity index (χ2v) is 7.73. The van der Waals surface area contributed by atoms with Crippen LogP contribution in [0.3, 0.4) is 0 Å². The number of carbonyl (C=O) groups excluding carboxylic acids is 2. The molecule has 2 aliphatic carbocycles. The van der Waals surface area contributed by atoms with Crippen molar-refractivity contribution in [3.05, 3.63) is 29.8 Å². The van der Waals surface area contributed by atoms with E-state index >= 15 is 0 Å². The van der Waals surface area contributed by atoms with Crippen LogP contribution >= 0.6 is 0 Å². The fourth-order valence-electron chi connectivity index (χ4n) is 4.60. The third-order valence-corrected chi connectivity index (χ3v) is 5.98. The minimum atomic E-state index is -0.388. The lowest BCUT2D eigenvalue weighted by molar-refractivity contribution is -0.141. The van der Waals surface area contributed by atoms with Crippen molar-refractivity contribution in [2.24, 2.45) is 5.92 Å². The average molecular weight is 357 g/mol. The third kappa shape index (κ3) is 3.02. The molecule has 2 saturated carbocycles. The lowest BCUT2D eigenvalue weighted by Crippen LogP contribution is -2.51. The van der Waals surface area contributed by atoms with Crippen molar-refractivity contribution in [2.45, 2.75) is 50.2 Å². The number of fused-ring (bicyclic) bond motifs is 2. The monoisotopic (exact) mass is 357 g/mol. The number of hydrogen-bond donors (Lipinski definition) is 1. The number of nitrogens with zero attached hydrogens (tertiary/aromatic N) is 2. The Kier molecular flexibility index (Phi) is 4.51. The van der Waals surface area contributed by atoms with E-state index in [1.54, 1.807) is 7.05 Å². The highest BCUT2D eigenvalue weighted by atomic mass is 16.5. The number of hydrogen-bond acceptors (Lipinski definition) is 4. The normalized spacial score (nSPS) is 26.3. The van der Waals surface area contributed by atoms with Gasteiger partial charge in [0.05, 0.1) is 13.2 Å². The highest BCUT2D eigenvalue weighted by Gasteiger charge is 2.48. The second-order valence-electron chi connectivity index (χ2n) is 7.73. The molecule has 1 heterocycles. The fourth-order valence-corrected chi connectivity index (χ4v) is 4.60. The molecule has 26 heavy (non-hydrogen) atoms. The van der Waals surface area contributed by atoms with Gasteiger partial charge in [-0.2, -0.15) is 0 Å². The van der Waals surface area contributed by atoms with Gasteiger partial charge in [-0.1, -0.05) is 24.6 Å². The van der Waals surface area contributed by atoms with E-state index < -0.39 is 0 Å². The van der Waals surface area contributed by atoms with Gasteiger partial charge in [-0.25, -0.2) is 4.79 Å². The molecule has 6 nitrogen and oxygen atoms in total. The summed E-state index contributed by atoms with van der Waals surface area (Å²) in [5, 5.41) is 3.69. The van der Waals surface area contributed by atoms with Crippen molar-refractivity contribution < 1.29 is 14.3 Å². The first kappa shape index (κ1) is 17.2. The van der Waals surface area contributed by atoms with E-state index in [1.807, 2.05) is 6.07 Å². The number of amides is 2. The molecule has 0 bridgehead atoms. The summed E-state index contributed by atoms with van der Waals surface area (Å²) in [5.41, 5.74) is 2.36. The van der Waals surface area contributed by atoms with E-state index in [2.05, 4.69) is 28.4 Å². The van der Waals surface area contributed by atoms with Crippen LogP contribution in [0.2, 0.25) is 0 Å². The largest absolute Gasteiger partial charge is 0.468 e. The molecule has 3 aliphatic rings. The lowest BCUT2D eigenvalue weighted by Gasteiger charge is -2.44. The van der Waals surface area contributed by atoms with Gasteiger partial charge in [0.1, 0.15) is 6.54 Å². The Labute approximate surface area is 154 Å². The van der Waals surface area contributed by atoms with E-state index in [0.717, 1.165) is 31.4 Å². The standard InChI is InChI=1S/C20H27N3O3/c1-22(12-18(24)26-2)20(25)23(13-10-11-13)19-14-6-3-4-8-16(14)21-17-9-5-7-15(17)19/h3-4,6,8,13,15,17,19,21H,5,7,9-12H2,1-2H3. The van der Waals surface area contributed by atoms with Crippen LogP contribution in [-0.2, 0) is 9.53 Å². The number of ether oxygens (including phenoxy) is 1. The van der Waals surface area contributed by atoms with Crippen molar-refractivity contribution in [2.75, 3.05) is 26.0 Å². The maximum Gasteiger partial charge on any atom is 0.325 e. The summed E-state index contributed by atoms with van der Waals surface area (Å²) in [6, 6.07) is 9.08. The number of carbonyl (C=O) groups is 2. The molecule has 1 aliphatic heterocycles. The van der Waals surface area contributed by atoms with E-state index in [0.29, 0.717) is 12.0 Å². The maximum atomic E-state index is 13.3. The number of rotatable bonds is 4. The molecule has 1 N–H and O–H groups in total. The highest BCUT2D eigenvalue weighted by Crippen LogP contribution is 2.50. The maximum absolute atomic E-state index is 13.3. The Bertz CT molecular complexity index is 703. The molecule has 0 spiro atoms. The molecule has 2 amide bonds. The van der Waals surface area contributed by atoms with Gasteiger partial charge < -0.3 is 19.9 Å². The summed E-state index contributed by atoms with van der Waals surface area (Å²) < 4.78 is 4.74. The number of likely N-dealkylation sites (N-methyl/N-ethyl adjacent to an activating group) is 1. The van der Waals surface area contributed by atoms with Gasteiger partial charge in [0, 0.05) is 30.7 Å². The summed E-state index contributed by atoms with van der Waals surface area (Å²) in [5.74, 6) is 0.0435. The van der Waals surface area contributed by atoms with E-state index in [4.69, 9.17) is 4.74 Å². The van der Waals surface area contributed by atoms with Gasteiger partial charge in [0.25, 0.3) is 0 Å². The highest BCUT2D eigenvalue weighted by molar-refractivity contribution is 5.82. The first-order chi connectivity index (χ1) is 12.6. The molecule has 3 unspecified atom stereocenters. The molecule has 1 aromatic rings. The van der Waals surface area contributed by atoms with Gasteiger partial charge in [0.2, 0.25) is 0 Å². The molecule has 0 radical (unpaired) electrons. The molecule has 140 valence electrons. The average Bonchev–Trinajstić information content (AvgIpc) is 3.37. The molecule has 1 aromatic carbocycles. The van der Waals surface area contributed by atoms with Gasteiger partial charge in [-0.05, 0) is 37.3 Å². The van der Waals surface area contributed by atoms with Crippen LogP contribution < -0.4 is 5.32 Å². The summed E-state index contributed by atoms with van der Waals surface area (Å²) in [7, 11) is 3.04. The first-order valence-corrected chi connectivity index (χ1v) is 9.56. The van der Waals surface area contributed by atoms with E-state index in [-0.39, 0.29) is 30.6 Å². The zero-order valence-electron chi connectivity index (χ0n) is 15.5. The van der Waals surface area contributed by atoms with Gasteiger partial charge >= 0.3 is 12.0 Å². The minimum Gasteiger partial charge on any atom is -0.468 e. The Morgan fingerprint density at radius 1 is 1.19 bits per heavy atom. The topological polar surface area (TPSA) is 61.9 Å². The molecule has 0 saturated heterocycles. The predicted octanol–water partition coefficient (Wildman–Crippen LogP) is 3.01. The number of nitrogens with one attached hydrogen (secondary N) is 1. The zero-order valence-corrected chi connectivity index (χ0v) is 15.5. The first-order valence-electron chi connectivity index (χ1n) is 9.56. The number of urea groups is 1. The minimum absolute atomic E-state index is 0.0146. The molecular formula is C20H27N3O3. The van der Waals surface area contributed by atoms with Crippen molar-refractivity contribution in [3.63, 3.8) is 0 Å². The zero-order chi connectivity index (χ0) is 18.3. The predicted molar refractivity (Wildman–Crippen MR) is 98.8 cm³/mol. The number of benzene rings is 1. The van der Waals surface area contributed by atoms with Crippen molar-refractivity contribution in [3.8, 4) is 0 Å². The molecule has 4 rings (SSSR count). The summed E-state index contributed by atoms with van der Waals surface area (Å²) in [4.78, 5) is 28.5. The van der Waals surface area contributed by atoms with Crippen molar-refractivity contribution in [1.82, 2.24) is 9.80 Å². The van der Waals surface area contributed by atoms with E-state index in [9.17, 15) is 9.59 Å². The van der Waals surface area contributed by atoms with Crippen LogP contribution in [0.5, 0.6) is 0 Å². The van der Waals surface area contributed by atoms with Gasteiger partial charge in [-0.15, -0.1) is 0 Å². The van der Waals surface area contributed by atoms with E-state index in [1.165, 1.54) is 24.0 Å². The lowest BCUT2D eigenvalue weighted by atomic mass is 9.83. The Morgan fingerprint density at radius 3 is 2.69 bits per heavy atom. The quantitative estimate of drug-likeness (QED) is 0.842. The van der Waals surface area contributed by atoms with Crippen LogP contribution in [0.25, 0.3) is 0 Å². The number of methoxy groups -OCH3 is 1. The molecule has 3 atom stereocenters. The number of para-hydroxylation sites is 1. The summed E-state index contributed by atoms with van der Waals surface area (Å²) in [6.45, 7) is -0.0146. The van der Waals surface area contributed by atoms with Crippen LogP contribution in [0.4, 0.5) is 10.5 Å². The van der Waals surface area contributed by atoms with Gasteiger partial charge in [0.15, 0.2) is 0 Å². The number of anilines is 1. The Hall–Kier alpha value is -2.24.